The first-order chi connectivity index (χ1) is 33.0. The number of ether oxygens (including phenoxy) is 3. The number of esters is 3. The van der Waals surface area contributed by atoms with Gasteiger partial charge in [-0.2, -0.15) is 0 Å². The fourth-order valence-electron chi connectivity index (χ4n) is 8.09. The molecule has 0 aliphatic carbocycles. The molecule has 0 rings (SSSR count). The molecule has 67 heavy (non-hydrogen) atoms. The van der Waals surface area contributed by atoms with E-state index in [1.165, 1.54) is 167 Å². The van der Waals surface area contributed by atoms with Crippen LogP contribution in [0, 0.1) is 0 Å². The molecule has 0 amide bonds. The van der Waals surface area contributed by atoms with Crippen LogP contribution in [0.1, 0.15) is 290 Å². The maximum atomic E-state index is 12.9. The van der Waals surface area contributed by atoms with Gasteiger partial charge < -0.3 is 14.2 Å². The zero-order valence-corrected chi connectivity index (χ0v) is 44.4. The third-order valence-electron chi connectivity index (χ3n) is 12.5. The van der Waals surface area contributed by atoms with E-state index >= 15 is 0 Å². The second-order valence-corrected chi connectivity index (χ2v) is 19.2. The first-order valence-corrected chi connectivity index (χ1v) is 28.8. The molecule has 0 aromatic heterocycles. The summed E-state index contributed by atoms with van der Waals surface area (Å²) < 4.78 is 16.9. The van der Waals surface area contributed by atoms with Gasteiger partial charge in [0.15, 0.2) is 6.10 Å². The minimum absolute atomic E-state index is 0.0814. The highest BCUT2D eigenvalue weighted by molar-refractivity contribution is 5.71. The van der Waals surface area contributed by atoms with Crippen LogP contribution >= 0.6 is 0 Å². The van der Waals surface area contributed by atoms with Crippen LogP contribution in [0.25, 0.3) is 0 Å². The van der Waals surface area contributed by atoms with Crippen LogP contribution in [0.4, 0.5) is 0 Å². The normalized spacial score (nSPS) is 12.5. The molecule has 1 atom stereocenters. The summed E-state index contributed by atoms with van der Waals surface area (Å²) >= 11 is 0. The van der Waals surface area contributed by atoms with Crippen LogP contribution in [0.2, 0.25) is 0 Å². The predicted molar refractivity (Wildman–Crippen MR) is 288 cm³/mol. The zero-order valence-electron chi connectivity index (χ0n) is 44.4. The van der Waals surface area contributed by atoms with Crippen LogP contribution in [0.3, 0.4) is 0 Å². The van der Waals surface area contributed by atoms with Crippen molar-refractivity contribution in [2.45, 2.75) is 297 Å². The van der Waals surface area contributed by atoms with Gasteiger partial charge in [-0.1, -0.05) is 223 Å². The number of carbonyl (C=O) groups is 3. The Balaban J connectivity index is 4.40. The Kier molecular flexibility index (Phi) is 53.3. The summed E-state index contributed by atoms with van der Waals surface area (Å²) in [5, 5.41) is 0. The average molecular weight is 938 g/mol. The lowest BCUT2D eigenvalue weighted by atomic mass is 10.1. The summed E-state index contributed by atoms with van der Waals surface area (Å²) in [6.07, 6.45) is 69.1. The molecule has 0 saturated carbocycles. The summed E-state index contributed by atoms with van der Waals surface area (Å²) in [5.41, 5.74) is 0. The summed E-state index contributed by atoms with van der Waals surface area (Å²) in [6.45, 7) is 6.58. The predicted octanol–water partition coefficient (Wildman–Crippen LogP) is 19.2. The Hall–Kier alpha value is -2.89. The van der Waals surface area contributed by atoms with Crippen molar-refractivity contribution in [3.63, 3.8) is 0 Å². The SMILES string of the molecule is CCCCC/C=C\C/C=C\CCCCCCCCCC(=O)OCC(COC(=O)CCCCCCCCC/C=C\CCCCCC)OC(=O)CCCCCCCCC/C=C\C/C=C\CCCCC. The fourth-order valence-corrected chi connectivity index (χ4v) is 8.09. The van der Waals surface area contributed by atoms with Gasteiger partial charge in [-0.25, -0.2) is 0 Å². The molecule has 0 fully saturated rings. The highest BCUT2D eigenvalue weighted by atomic mass is 16.6. The van der Waals surface area contributed by atoms with E-state index in [-0.39, 0.29) is 31.1 Å². The Morgan fingerprint density at radius 2 is 0.537 bits per heavy atom. The molecule has 0 spiro atoms. The van der Waals surface area contributed by atoms with Gasteiger partial charge in [0, 0.05) is 19.3 Å². The Bertz CT molecular complexity index is 1210. The van der Waals surface area contributed by atoms with Crippen molar-refractivity contribution in [2.75, 3.05) is 13.2 Å². The number of rotatable bonds is 52. The molecule has 0 aromatic rings. The lowest BCUT2D eigenvalue weighted by Crippen LogP contribution is -2.30. The lowest BCUT2D eigenvalue weighted by molar-refractivity contribution is -0.167. The van der Waals surface area contributed by atoms with Gasteiger partial charge in [-0.15, -0.1) is 0 Å². The summed E-state index contributed by atoms with van der Waals surface area (Å²) in [6, 6.07) is 0. The van der Waals surface area contributed by atoms with Crippen molar-refractivity contribution in [2.24, 2.45) is 0 Å². The van der Waals surface area contributed by atoms with Gasteiger partial charge in [-0.3, -0.25) is 14.4 Å². The quantitative estimate of drug-likeness (QED) is 0.0262. The van der Waals surface area contributed by atoms with E-state index in [1.54, 1.807) is 0 Å². The number of hydrogen-bond donors (Lipinski definition) is 0. The van der Waals surface area contributed by atoms with Crippen LogP contribution in [0.5, 0.6) is 0 Å². The van der Waals surface area contributed by atoms with Crippen molar-refractivity contribution < 1.29 is 28.6 Å². The van der Waals surface area contributed by atoms with Crippen molar-refractivity contribution in [1.29, 1.82) is 0 Å². The third kappa shape index (κ3) is 53.9. The molecule has 6 nitrogen and oxygen atoms in total. The monoisotopic (exact) mass is 937 g/mol. The Labute approximate surface area is 415 Å². The molecular weight excluding hydrogens is 829 g/mol. The molecule has 0 radical (unpaired) electrons. The topological polar surface area (TPSA) is 78.9 Å². The molecule has 0 aliphatic rings. The van der Waals surface area contributed by atoms with E-state index in [0.29, 0.717) is 19.3 Å². The molecule has 0 N–H and O–H groups in total. The number of unbranched alkanes of at least 4 members (excludes halogenated alkanes) is 31. The minimum atomic E-state index is -0.783. The molecule has 1 unspecified atom stereocenters. The summed E-state index contributed by atoms with van der Waals surface area (Å²) in [4.78, 5) is 38.2. The van der Waals surface area contributed by atoms with Gasteiger partial charge >= 0.3 is 17.9 Å². The van der Waals surface area contributed by atoms with E-state index in [1.807, 2.05) is 0 Å². The summed E-state index contributed by atoms with van der Waals surface area (Å²) in [5.74, 6) is -0.891. The molecule has 6 heteroatoms. The van der Waals surface area contributed by atoms with Crippen LogP contribution in [0.15, 0.2) is 60.8 Å². The van der Waals surface area contributed by atoms with Gasteiger partial charge in [0.1, 0.15) is 13.2 Å². The molecule has 0 aliphatic heterocycles. The lowest BCUT2D eigenvalue weighted by Gasteiger charge is -2.18. The first kappa shape index (κ1) is 64.1. The van der Waals surface area contributed by atoms with Crippen molar-refractivity contribution >= 4 is 17.9 Å². The second kappa shape index (κ2) is 55.7. The smallest absolute Gasteiger partial charge is 0.306 e. The maximum absolute atomic E-state index is 12.9. The number of hydrogen-bond acceptors (Lipinski definition) is 6. The average Bonchev–Trinajstić information content (AvgIpc) is 3.33. The first-order valence-electron chi connectivity index (χ1n) is 28.8. The van der Waals surface area contributed by atoms with Crippen molar-refractivity contribution in [3.8, 4) is 0 Å². The van der Waals surface area contributed by atoms with E-state index in [4.69, 9.17) is 14.2 Å². The number of carbonyl (C=O) groups excluding carboxylic acids is 3. The molecule has 0 aromatic carbocycles. The van der Waals surface area contributed by atoms with Crippen LogP contribution in [-0.4, -0.2) is 37.2 Å². The van der Waals surface area contributed by atoms with E-state index in [0.717, 1.165) is 83.5 Å². The molecule has 388 valence electrons. The van der Waals surface area contributed by atoms with Crippen LogP contribution in [-0.2, 0) is 28.6 Å². The van der Waals surface area contributed by atoms with Gasteiger partial charge in [0.05, 0.1) is 0 Å². The maximum Gasteiger partial charge on any atom is 0.306 e. The molecule has 0 bridgehead atoms. The van der Waals surface area contributed by atoms with E-state index in [9.17, 15) is 14.4 Å². The largest absolute Gasteiger partial charge is 0.462 e. The molecular formula is C61H108O6. The van der Waals surface area contributed by atoms with E-state index in [2.05, 4.69) is 81.5 Å². The Morgan fingerprint density at radius 3 is 0.866 bits per heavy atom. The molecule has 0 saturated heterocycles. The summed E-state index contributed by atoms with van der Waals surface area (Å²) in [7, 11) is 0. The molecule has 0 heterocycles. The third-order valence-corrected chi connectivity index (χ3v) is 12.5. The highest BCUT2D eigenvalue weighted by Gasteiger charge is 2.19. The standard InChI is InChI=1S/C61H108O6/c1-4-7-10-13-16-19-22-25-28-30-33-36-39-42-45-48-51-54-60(63)66-57-58(56-65-59(62)53-50-47-44-41-38-35-32-27-24-21-18-15-12-9-6-3)67-61(64)55-52-49-46-43-40-37-34-31-29-26-23-20-17-14-11-8-5-2/h16-17,19-21,24-26,28-29,58H,4-15,18,22-23,27,30-57H2,1-3H3/b19-16-,20-17-,24-21-,28-25-,29-26-. The van der Waals surface area contributed by atoms with Gasteiger partial charge in [-0.05, 0) is 109 Å². The zero-order chi connectivity index (χ0) is 48.6. The Morgan fingerprint density at radius 1 is 0.299 bits per heavy atom. The minimum Gasteiger partial charge on any atom is -0.462 e. The van der Waals surface area contributed by atoms with Gasteiger partial charge in [0.25, 0.3) is 0 Å². The fraction of sp³-hybridized carbons (Fsp3) is 0.787. The van der Waals surface area contributed by atoms with E-state index < -0.39 is 6.10 Å². The number of allylic oxidation sites excluding steroid dienone is 10. The van der Waals surface area contributed by atoms with Gasteiger partial charge in [0.2, 0.25) is 0 Å². The highest BCUT2D eigenvalue weighted by Crippen LogP contribution is 2.15. The second-order valence-electron chi connectivity index (χ2n) is 19.2. The van der Waals surface area contributed by atoms with Crippen LogP contribution < -0.4 is 0 Å². The van der Waals surface area contributed by atoms with Crippen molar-refractivity contribution in [3.05, 3.63) is 60.8 Å². The van der Waals surface area contributed by atoms with Crippen molar-refractivity contribution in [1.82, 2.24) is 0 Å².